The number of ether oxygens (including phenoxy) is 2. The third-order valence-corrected chi connectivity index (χ3v) is 6.36. The highest BCUT2D eigenvalue weighted by Gasteiger charge is 2.50. The molecule has 2 N–H and O–H groups in total. The first-order valence-electron chi connectivity index (χ1n) is 11.7. The van der Waals surface area contributed by atoms with Gasteiger partial charge >= 0.3 is 0 Å². The summed E-state index contributed by atoms with van der Waals surface area (Å²) in [4.78, 5) is 31.7. The maximum atomic E-state index is 14.0. The first kappa shape index (κ1) is 23.0. The van der Waals surface area contributed by atoms with Gasteiger partial charge in [-0.25, -0.2) is 4.98 Å². The predicted molar refractivity (Wildman–Crippen MR) is 132 cm³/mol. The van der Waals surface area contributed by atoms with E-state index in [4.69, 9.17) is 19.4 Å². The molecule has 1 amide bonds. The first-order valence-corrected chi connectivity index (χ1v) is 11.7. The Morgan fingerprint density at radius 1 is 1.06 bits per heavy atom. The summed E-state index contributed by atoms with van der Waals surface area (Å²) < 4.78 is 11.5. The molecule has 182 valence electrons. The lowest BCUT2D eigenvalue weighted by Gasteiger charge is -2.42. The first-order chi connectivity index (χ1) is 17.1. The number of morpholine rings is 1. The molecule has 2 fully saturated rings. The minimum Gasteiger partial charge on any atom is -0.491 e. The Morgan fingerprint density at radius 3 is 2.51 bits per heavy atom. The number of carbonyl (C=O) groups is 1. The van der Waals surface area contributed by atoms with Gasteiger partial charge in [-0.1, -0.05) is 30.3 Å². The molecule has 1 unspecified atom stereocenters. The third-order valence-electron chi connectivity index (χ3n) is 6.36. The average molecular weight is 476 g/mol. The summed E-state index contributed by atoms with van der Waals surface area (Å²) in [6, 6.07) is 13.4. The van der Waals surface area contributed by atoms with Gasteiger partial charge in [0.2, 0.25) is 5.95 Å². The molecule has 0 bridgehead atoms. The van der Waals surface area contributed by atoms with E-state index < -0.39 is 5.54 Å². The standard InChI is InChI=1S/C25H29N7O3/c1-31-13-12-27-25(23(31)33,18-6-4-3-5-7-18)21-20(34-2)22(28-19-8-10-26-11-9-19)30-24(29-21)32-14-16-35-17-15-32/h3-11,27H,12-17H2,1-2H3,(H,26,28,29,30). The molecule has 35 heavy (non-hydrogen) atoms. The van der Waals surface area contributed by atoms with Crippen LogP contribution in [0.25, 0.3) is 0 Å². The highest BCUT2D eigenvalue weighted by molar-refractivity contribution is 5.93. The molecule has 10 nitrogen and oxygen atoms in total. The second-order valence-electron chi connectivity index (χ2n) is 8.48. The van der Waals surface area contributed by atoms with Crippen molar-refractivity contribution in [1.29, 1.82) is 0 Å². The smallest absolute Gasteiger partial charge is 0.253 e. The van der Waals surface area contributed by atoms with Crippen molar-refractivity contribution < 1.29 is 14.3 Å². The predicted octanol–water partition coefficient (Wildman–Crippen LogP) is 1.77. The molecule has 2 aliphatic heterocycles. The molecule has 4 heterocycles. The van der Waals surface area contributed by atoms with Crippen molar-refractivity contribution in [2.45, 2.75) is 5.54 Å². The number of pyridine rings is 1. The van der Waals surface area contributed by atoms with E-state index in [-0.39, 0.29) is 5.91 Å². The van der Waals surface area contributed by atoms with Gasteiger partial charge in [-0.15, -0.1) is 0 Å². The van der Waals surface area contributed by atoms with Gasteiger partial charge in [0.05, 0.1) is 20.3 Å². The number of piperazine rings is 1. The summed E-state index contributed by atoms with van der Waals surface area (Å²) in [6.07, 6.45) is 3.40. The number of likely N-dealkylation sites (N-methyl/N-ethyl adjacent to an activating group) is 1. The lowest BCUT2D eigenvalue weighted by molar-refractivity contribution is -0.138. The van der Waals surface area contributed by atoms with Gasteiger partial charge in [-0.2, -0.15) is 4.98 Å². The number of benzene rings is 1. The van der Waals surface area contributed by atoms with Crippen LogP contribution in [0, 0.1) is 0 Å². The third kappa shape index (κ3) is 4.26. The van der Waals surface area contributed by atoms with Crippen molar-refractivity contribution in [3.05, 3.63) is 66.1 Å². The molecule has 2 saturated heterocycles. The summed E-state index contributed by atoms with van der Waals surface area (Å²) in [5.74, 6) is 1.29. The fourth-order valence-corrected chi connectivity index (χ4v) is 4.56. The van der Waals surface area contributed by atoms with Crippen molar-refractivity contribution >= 4 is 23.4 Å². The topological polar surface area (TPSA) is 105 Å². The van der Waals surface area contributed by atoms with Crippen LogP contribution in [0.15, 0.2) is 54.9 Å². The van der Waals surface area contributed by atoms with Gasteiger partial charge in [0.15, 0.2) is 17.1 Å². The molecule has 3 aromatic rings. The van der Waals surface area contributed by atoms with E-state index in [1.165, 1.54) is 0 Å². The number of hydrogen-bond acceptors (Lipinski definition) is 9. The van der Waals surface area contributed by atoms with E-state index in [0.29, 0.717) is 62.6 Å². The Kier molecular flexibility index (Phi) is 6.47. The second kappa shape index (κ2) is 9.85. The molecule has 0 spiro atoms. The van der Waals surface area contributed by atoms with Gasteiger partial charge in [0.25, 0.3) is 5.91 Å². The molecule has 1 atom stereocenters. The zero-order valence-electron chi connectivity index (χ0n) is 19.9. The molecule has 5 rings (SSSR count). The number of nitrogens with zero attached hydrogens (tertiary/aromatic N) is 5. The Balaban J connectivity index is 1.75. The lowest BCUT2D eigenvalue weighted by Crippen LogP contribution is -2.62. The van der Waals surface area contributed by atoms with E-state index in [9.17, 15) is 4.79 Å². The SMILES string of the molecule is COc1c(Nc2ccncc2)nc(N2CCOCC2)nc1C1(c2ccccc2)NCCN(C)C1=O. The minimum atomic E-state index is -1.24. The minimum absolute atomic E-state index is 0.102. The van der Waals surface area contributed by atoms with E-state index in [1.54, 1.807) is 24.4 Å². The van der Waals surface area contributed by atoms with E-state index in [0.717, 1.165) is 11.3 Å². The quantitative estimate of drug-likeness (QED) is 0.552. The molecule has 0 aliphatic carbocycles. The van der Waals surface area contributed by atoms with Crippen LogP contribution < -0.4 is 20.3 Å². The number of anilines is 3. The van der Waals surface area contributed by atoms with Crippen molar-refractivity contribution in [1.82, 2.24) is 25.2 Å². The molecular weight excluding hydrogens is 446 g/mol. The molecule has 0 saturated carbocycles. The number of carbonyl (C=O) groups excluding carboxylic acids is 1. The Hall–Kier alpha value is -3.76. The van der Waals surface area contributed by atoms with E-state index in [1.807, 2.05) is 49.5 Å². The van der Waals surface area contributed by atoms with Crippen LogP contribution in [0.5, 0.6) is 5.75 Å². The van der Waals surface area contributed by atoms with Crippen LogP contribution in [0.1, 0.15) is 11.3 Å². The maximum absolute atomic E-state index is 14.0. The van der Waals surface area contributed by atoms with Crippen molar-refractivity contribution in [2.24, 2.45) is 0 Å². The van der Waals surface area contributed by atoms with Crippen molar-refractivity contribution in [3.8, 4) is 5.75 Å². The maximum Gasteiger partial charge on any atom is 0.253 e. The number of methoxy groups -OCH3 is 1. The Bertz CT molecular complexity index is 1170. The molecule has 1 aromatic carbocycles. The van der Waals surface area contributed by atoms with Crippen LogP contribution in [-0.2, 0) is 15.1 Å². The molecule has 0 radical (unpaired) electrons. The zero-order chi connectivity index (χ0) is 24.3. The second-order valence-corrected chi connectivity index (χ2v) is 8.48. The number of hydrogen-bond donors (Lipinski definition) is 2. The van der Waals surface area contributed by atoms with Crippen LogP contribution in [0.2, 0.25) is 0 Å². The molecule has 2 aromatic heterocycles. The van der Waals surface area contributed by atoms with Gasteiger partial charge in [0, 0.05) is 51.3 Å². The summed E-state index contributed by atoms with van der Waals surface area (Å²) in [5.41, 5.74) is 0.815. The number of amides is 1. The summed E-state index contributed by atoms with van der Waals surface area (Å²) in [6.45, 7) is 3.67. The fourth-order valence-electron chi connectivity index (χ4n) is 4.56. The molecule has 2 aliphatic rings. The van der Waals surface area contributed by atoms with Gasteiger partial charge < -0.3 is 24.6 Å². The van der Waals surface area contributed by atoms with E-state index in [2.05, 4.69) is 20.5 Å². The lowest BCUT2D eigenvalue weighted by atomic mass is 9.82. The number of rotatable bonds is 6. The number of nitrogens with one attached hydrogen (secondary N) is 2. The Morgan fingerprint density at radius 2 is 1.80 bits per heavy atom. The molecular formula is C25H29N7O3. The van der Waals surface area contributed by atoms with Gasteiger partial charge in [-0.05, 0) is 17.7 Å². The monoisotopic (exact) mass is 475 g/mol. The zero-order valence-corrected chi connectivity index (χ0v) is 19.9. The highest BCUT2D eigenvalue weighted by atomic mass is 16.5. The number of aromatic nitrogens is 3. The van der Waals surface area contributed by atoms with Crippen molar-refractivity contribution in [2.75, 3.05) is 63.8 Å². The Labute approximate surface area is 204 Å². The van der Waals surface area contributed by atoms with Crippen molar-refractivity contribution in [3.63, 3.8) is 0 Å². The van der Waals surface area contributed by atoms with Crippen LogP contribution >= 0.6 is 0 Å². The average Bonchev–Trinajstić information content (AvgIpc) is 2.91. The largest absolute Gasteiger partial charge is 0.491 e. The summed E-state index contributed by atoms with van der Waals surface area (Å²) in [7, 11) is 3.39. The molecule has 10 heteroatoms. The van der Waals surface area contributed by atoms with Gasteiger partial charge in [0.1, 0.15) is 5.69 Å². The fraction of sp³-hybridized carbons (Fsp3) is 0.360. The van der Waals surface area contributed by atoms with Crippen LogP contribution in [-0.4, -0.2) is 79.3 Å². The highest BCUT2D eigenvalue weighted by Crippen LogP contribution is 2.42. The van der Waals surface area contributed by atoms with E-state index >= 15 is 0 Å². The van der Waals surface area contributed by atoms with Gasteiger partial charge in [-0.3, -0.25) is 15.1 Å². The normalized spacial score (nSPS) is 20.6. The summed E-state index contributed by atoms with van der Waals surface area (Å²) >= 11 is 0. The summed E-state index contributed by atoms with van der Waals surface area (Å²) in [5, 5.41) is 6.85. The van der Waals surface area contributed by atoms with Crippen LogP contribution in [0.3, 0.4) is 0 Å². The van der Waals surface area contributed by atoms with Crippen LogP contribution in [0.4, 0.5) is 17.5 Å².